The molecule has 1 fully saturated rings. The minimum absolute atomic E-state index is 0.0953. The van der Waals surface area contributed by atoms with Gasteiger partial charge in [-0.2, -0.15) is 0 Å². The van der Waals surface area contributed by atoms with Gasteiger partial charge in [0, 0.05) is 24.1 Å². The van der Waals surface area contributed by atoms with Gasteiger partial charge in [0.05, 0.1) is 0 Å². The van der Waals surface area contributed by atoms with Crippen molar-refractivity contribution in [3.8, 4) is 0 Å². The lowest BCUT2D eigenvalue weighted by atomic mass is 9.99. The minimum atomic E-state index is 0.0953. The highest BCUT2D eigenvalue weighted by molar-refractivity contribution is 5.97. The van der Waals surface area contributed by atoms with Crippen LogP contribution in [-0.4, -0.2) is 29.8 Å². The molecule has 0 radical (unpaired) electrons. The predicted octanol–water partition coefficient (Wildman–Crippen LogP) is 2.99. The van der Waals surface area contributed by atoms with E-state index in [9.17, 15) is 4.79 Å². The largest absolute Gasteiger partial charge is 0.300 e. The van der Waals surface area contributed by atoms with Crippen LogP contribution >= 0.6 is 0 Å². The first kappa shape index (κ1) is 12.3. The Hall–Kier alpha value is -1.15. The van der Waals surface area contributed by atoms with Crippen molar-refractivity contribution in [2.45, 2.75) is 32.7 Å². The number of ketones is 1. The van der Waals surface area contributed by atoms with Crippen LogP contribution in [0.25, 0.3) is 0 Å². The Kier molecular flexibility index (Phi) is 3.95. The van der Waals surface area contributed by atoms with Crippen LogP contribution in [-0.2, 0) is 0 Å². The Balaban J connectivity index is 1.95. The summed E-state index contributed by atoms with van der Waals surface area (Å²) in [5.74, 6) is 0.364. The molecular formula is C15H21NO. The molecule has 0 aromatic heterocycles. The number of hydrogen-bond donors (Lipinski definition) is 0. The Bertz CT molecular complexity index is 370. The van der Waals surface area contributed by atoms with Crippen LogP contribution in [0.1, 0.15) is 37.0 Å². The summed E-state index contributed by atoms with van der Waals surface area (Å²) < 4.78 is 0. The summed E-state index contributed by atoms with van der Waals surface area (Å²) in [5.41, 5.74) is 0.840. The van der Waals surface area contributed by atoms with Crippen LogP contribution in [0.4, 0.5) is 0 Å². The Morgan fingerprint density at radius 1 is 1.35 bits per heavy atom. The highest BCUT2D eigenvalue weighted by atomic mass is 16.1. The molecule has 1 aliphatic rings. The molecule has 92 valence electrons. The average molecular weight is 231 g/mol. The first-order valence-electron chi connectivity index (χ1n) is 6.55. The Labute approximate surface area is 104 Å². The highest BCUT2D eigenvalue weighted by Gasteiger charge is 2.30. The third-order valence-corrected chi connectivity index (χ3v) is 3.48. The van der Waals surface area contributed by atoms with Crippen molar-refractivity contribution < 1.29 is 4.79 Å². The fraction of sp³-hybridized carbons (Fsp3) is 0.533. The lowest BCUT2D eigenvalue weighted by Gasteiger charge is -2.23. The lowest BCUT2D eigenvalue weighted by Crippen LogP contribution is -2.33. The van der Waals surface area contributed by atoms with Crippen LogP contribution in [0.15, 0.2) is 30.3 Å². The van der Waals surface area contributed by atoms with Crippen molar-refractivity contribution in [1.82, 2.24) is 4.90 Å². The molecule has 0 N–H and O–H groups in total. The molecule has 1 atom stereocenters. The Morgan fingerprint density at radius 3 is 2.53 bits per heavy atom. The van der Waals surface area contributed by atoms with E-state index in [1.165, 1.54) is 12.8 Å². The van der Waals surface area contributed by atoms with E-state index in [4.69, 9.17) is 0 Å². The third-order valence-electron chi connectivity index (χ3n) is 3.48. The van der Waals surface area contributed by atoms with Crippen LogP contribution in [0.2, 0.25) is 0 Å². The van der Waals surface area contributed by atoms with Crippen molar-refractivity contribution in [3.63, 3.8) is 0 Å². The number of benzene rings is 1. The van der Waals surface area contributed by atoms with Crippen LogP contribution < -0.4 is 0 Å². The lowest BCUT2D eigenvalue weighted by molar-refractivity contribution is 0.0893. The molecule has 1 aromatic rings. The smallest absolute Gasteiger partial charge is 0.166 e. The minimum Gasteiger partial charge on any atom is -0.300 e. The average Bonchev–Trinajstić information content (AvgIpc) is 3.20. The molecule has 2 nitrogen and oxygen atoms in total. The van der Waals surface area contributed by atoms with Crippen LogP contribution in [0.5, 0.6) is 0 Å². The molecule has 0 aliphatic heterocycles. The maximum atomic E-state index is 12.2. The predicted molar refractivity (Wildman–Crippen MR) is 70.2 cm³/mol. The van der Waals surface area contributed by atoms with Crippen LogP contribution in [0, 0.1) is 5.92 Å². The van der Waals surface area contributed by atoms with Crippen LogP contribution in [0.3, 0.4) is 0 Å². The van der Waals surface area contributed by atoms with Crippen molar-refractivity contribution in [2.24, 2.45) is 5.92 Å². The SMILES string of the molecule is CCN(CC(C)C(=O)c1ccccc1)C1CC1. The first-order valence-corrected chi connectivity index (χ1v) is 6.55. The number of rotatable bonds is 6. The zero-order valence-electron chi connectivity index (χ0n) is 10.7. The second kappa shape index (κ2) is 5.46. The summed E-state index contributed by atoms with van der Waals surface area (Å²) in [7, 11) is 0. The molecule has 17 heavy (non-hydrogen) atoms. The zero-order valence-corrected chi connectivity index (χ0v) is 10.7. The van der Waals surface area contributed by atoms with E-state index in [1.54, 1.807) is 0 Å². The normalized spacial score (nSPS) is 17.1. The van der Waals surface area contributed by atoms with E-state index >= 15 is 0 Å². The maximum absolute atomic E-state index is 12.2. The van der Waals surface area contributed by atoms with Crippen molar-refractivity contribution in [1.29, 1.82) is 0 Å². The van der Waals surface area contributed by atoms with E-state index in [2.05, 4.69) is 11.8 Å². The molecule has 1 aromatic carbocycles. The number of hydrogen-bond acceptors (Lipinski definition) is 2. The number of Topliss-reactive ketones (excluding diaryl/α,β-unsaturated/α-hetero) is 1. The van der Waals surface area contributed by atoms with Crippen molar-refractivity contribution in [2.75, 3.05) is 13.1 Å². The van der Waals surface area contributed by atoms with Gasteiger partial charge in [0.15, 0.2) is 5.78 Å². The van der Waals surface area contributed by atoms with Gasteiger partial charge in [0.1, 0.15) is 0 Å². The van der Waals surface area contributed by atoms with Gasteiger partial charge in [0.2, 0.25) is 0 Å². The molecule has 2 heteroatoms. The van der Waals surface area contributed by atoms with Crippen molar-refractivity contribution >= 4 is 5.78 Å². The quantitative estimate of drug-likeness (QED) is 0.701. The van der Waals surface area contributed by atoms with E-state index in [1.807, 2.05) is 37.3 Å². The fourth-order valence-electron chi connectivity index (χ4n) is 2.30. The summed E-state index contributed by atoms with van der Waals surface area (Å²) >= 11 is 0. The van der Waals surface area contributed by atoms with E-state index in [0.29, 0.717) is 0 Å². The molecule has 0 spiro atoms. The summed E-state index contributed by atoms with van der Waals surface area (Å²) in [4.78, 5) is 14.6. The van der Waals surface area contributed by atoms with Gasteiger partial charge >= 0.3 is 0 Å². The monoisotopic (exact) mass is 231 g/mol. The van der Waals surface area contributed by atoms with E-state index in [-0.39, 0.29) is 11.7 Å². The summed E-state index contributed by atoms with van der Waals surface area (Å²) in [6.07, 6.45) is 2.61. The summed E-state index contributed by atoms with van der Waals surface area (Å²) in [5, 5.41) is 0. The zero-order chi connectivity index (χ0) is 12.3. The standard InChI is InChI=1S/C15H21NO/c1-3-16(14-9-10-14)11-12(2)15(17)13-7-5-4-6-8-13/h4-8,12,14H,3,9-11H2,1-2H3. The van der Waals surface area contributed by atoms with Gasteiger partial charge in [-0.05, 0) is 19.4 Å². The van der Waals surface area contributed by atoms with Gasteiger partial charge in [-0.15, -0.1) is 0 Å². The number of nitrogens with zero attached hydrogens (tertiary/aromatic N) is 1. The molecule has 1 aliphatic carbocycles. The van der Waals surface area contributed by atoms with Crippen molar-refractivity contribution in [3.05, 3.63) is 35.9 Å². The van der Waals surface area contributed by atoms with Gasteiger partial charge in [-0.3, -0.25) is 9.69 Å². The summed E-state index contributed by atoms with van der Waals surface area (Å²) in [6, 6.07) is 10.4. The molecule has 1 saturated carbocycles. The first-order chi connectivity index (χ1) is 8.22. The second-order valence-corrected chi connectivity index (χ2v) is 4.95. The maximum Gasteiger partial charge on any atom is 0.166 e. The molecule has 0 saturated heterocycles. The topological polar surface area (TPSA) is 20.3 Å². The molecule has 1 unspecified atom stereocenters. The Morgan fingerprint density at radius 2 is 2.00 bits per heavy atom. The molecule has 0 bridgehead atoms. The number of carbonyl (C=O) groups excluding carboxylic acids is 1. The summed E-state index contributed by atoms with van der Waals surface area (Å²) in [6.45, 7) is 6.17. The van der Waals surface area contributed by atoms with Gasteiger partial charge in [-0.1, -0.05) is 44.2 Å². The molecule has 0 heterocycles. The fourth-order valence-corrected chi connectivity index (χ4v) is 2.30. The molecule has 0 amide bonds. The molecular weight excluding hydrogens is 210 g/mol. The number of carbonyl (C=O) groups is 1. The van der Waals surface area contributed by atoms with Gasteiger partial charge < -0.3 is 0 Å². The third kappa shape index (κ3) is 3.16. The molecule has 2 rings (SSSR count). The van der Waals surface area contributed by atoms with Gasteiger partial charge in [0.25, 0.3) is 0 Å². The highest BCUT2D eigenvalue weighted by Crippen LogP contribution is 2.27. The second-order valence-electron chi connectivity index (χ2n) is 4.95. The van der Waals surface area contributed by atoms with Gasteiger partial charge in [-0.25, -0.2) is 0 Å². The van der Waals surface area contributed by atoms with E-state index < -0.39 is 0 Å². The van der Waals surface area contributed by atoms with E-state index in [0.717, 1.165) is 24.7 Å².